The van der Waals surface area contributed by atoms with Gasteiger partial charge < -0.3 is 9.47 Å². The Hall–Kier alpha value is -3.09. The summed E-state index contributed by atoms with van der Waals surface area (Å²) in [5.74, 6) is 1.05. The van der Waals surface area contributed by atoms with Gasteiger partial charge in [-0.3, -0.25) is 19.7 Å². The largest absolute Gasteiger partial charge is 0.337 e. The first-order valence-electron chi connectivity index (χ1n) is 9.15. The minimum Gasteiger partial charge on any atom is -0.337 e. The zero-order valence-corrected chi connectivity index (χ0v) is 15.5. The maximum Gasteiger partial charge on any atom is 0.272 e. The van der Waals surface area contributed by atoms with E-state index >= 15 is 0 Å². The Bertz CT molecular complexity index is 952. The molecule has 7 nitrogen and oxygen atoms in total. The molecule has 1 unspecified atom stereocenters. The summed E-state index contributed by atoms with van der Waals surface area (Å²) in [4.78, 5) is 32.5. The number of hydrogen-bond acceptors (Lipinski definition) is 5. The van der Waals surface area contributed by atoms with Crippen molar-refractivity contribution in [2.75, 3.05) is 13.1 Å². The summed E-state index contributed by atoms with van der Waals surface area (Å²) >= 11 is 0. The third-order valence-corrected chi connectivity index (χ3v) is 5.17. The van der Waals surface area contributed by atoms with Gasteiger partial charge in [-0.15, -0.1) is 0 Å². The molecule has 0 aliphatic carbocycles. The molecule has 1 aliphatic rings. The molecule has 4 heterocycles. The fourth-order valence-electron chi connectivity index (χ4n) is 3.60. The molecule has 7 heteroatoms. The van der Waals surface area contributed by atoms with Crippen LogP contribution in [-0.2, 0) is 7.05 Å². The average Bonchev–Trinajstić information content (AvgIpc) is 3.06. The van der Waals surface area contributed by atoms with Crippen molar-refractivity contribution < 1.29 is 4.79 Å². The smallest absolute Gasteiger partial charge is 0.272 e. The molecule has 0 radical (unpaired) electrons. The van der Waals surface area contributed by atoms with E-state index < -0.39 is 0 Å². The lowest BCUT2D eigenvalue weighted by atomic mass is 9.92. The van der Waals surface area contributed by atoms with Crippen LogP contribution in [0.5, 0.6) is 0 Å². The van der Waals surface area contributed by atoms with E-state index in [2.05, 4.69) is 19.9 Å². The van der Waals surface area contributed by atoms with Gasteiger partial charge in [-0.2, -0.15) is 0 Å². The maximum atomic E-state index is 12.8. The van der Waals surface area contributed by atoms with Gasteiger partial charge in [0.1, 0.15) is 17.2 Å². The summed E-state index contributed by atoms with van der Waals surface area (Å²) < 4.78 is 2.02. The van der Waals surface area contributed by atoms with Crippen molar-refractivity contribution in [3.63, 3.8) is 0 Å². The number of piperidine rings is 1. The van der Waals surface area contributed by atoms with Crippen LogP contribution in [0.25, 0.3) is 11.4 Å². The molecule has 1 aliphatic heterocycles. The molecule has 4 rings (SSSR count). The molecule has 3 aromatic heterocycles. The lowest BCUT2D eigenvalue weighted by Crippen LogP contribution is -2.39. The van der Waals surface area contributed by atoms with Crippen molar-refractivity contribution in [2.24, 2.45) is 7.05 Å². The van der Waals surface area contributed by atoms with Crippen LogP contribution in [0.15, 0.2) is 43.0 Å². The topological polar surface area (TPSA) is 76.8 Å². The van der Waals surface area contributed by atoms with Crippen molar-refractivity contribution in [3.05, 3.63) is 60.2 Å². The van der Waals surface area contributed by atoms with Crippen LogP contribution in [0.2, 0.25) is 0 Å². The van der Waals surface area contributed by atoms with E-state index in [1.54, 1.807) is 24.7 Å². The molecule has 1 amide bonds. The van der Waals surface area contributed by atoms with Crippen LogP contribution in [0.3, 0.4) is 0 Å². The second-order valence-corrected chi connectivity index (χ2v) is 6.85. The molecule has 0 bridgehead atoms. The molecule has 0 spiro atoms. The fraction of sp³-hybridized carbons (Fsp3) is 0.350. The first-order valence-corrected chi connectivity index (χ1v) is 9.15. The van der Waals surface area contributed by atoms with Crippen molar-refractivity contribution >= 4 is 5.91 Å². The minimum absolute atomic E-state index is 0.0258. The van der Waals surface area contributed by atoms with Crippen molar-refractivity contribution in [1.82, 2.24) is 29.4 Å². The van der Waals surface area contributed by atoms with Crippen LogP contribution in [-0.4, -0.2) is 48.4 Å². The first-order chi connectivity index (χ1) is 13.1. The van der Waals surface area contributed by atoms with Crippen LogP contribution in [0.4, 0.5) is 0 Å². The monoisotopic (exact) mass is 362 g/mol. The number of pyridine rings is 1. The van der Waals surface area contributed by atoms with E-state index in [4.69, 9.17) is 0 Å². The molecule has 1 atom stereocenters. The number of nitrogens with zero attached hydrogens (tertiary/aromatic N) is 6. The number of rotatable bonds is 3. The second-order valence-electron chi connectivity index (χ2n) is 6.85. The zero-order valence-electron chi connectivity index (χ0n) is 15.5. The number of aryl methyl sites for hydroxylation is 1. The number of likely N-dealkylation sites (tertiary alicyclic amines) is 1. The highest BCUT2D eigenvalue weighted by Crippen LogP contribution is 2.32. The Morgan fingerprint density at radius 2 is 1.96 bits per heavy atom. The van der Waals surface area contributed by atoms with E-state index in [0.717, 1.165) is 42.3 Å². The van der Waals surface area contributed by atoms with Crippen LogP contribution in [0.1, 0.15) is 40.8 Å². The van der Waals surface area contributed by atoms with Gasteiger partial charge in [0.15, 0.2) is 0 Å². The van der Waals surface area contributed by atoms with E-state index in [-0.39, 0.29) is 11.8 Å². The zero-order chi connectivity index (χ0) is 18.8. The van der Waals surface area contributed by atoms with E-state index in [0.29, 0.717) is 12.2 Å². The third-order valence-electron chi connectivity index (χ3n) is 5.17. The van der Waals surface area contributed by atoms with Crippen LogP contribution < -0.4 is 0 Å². The number of carbonyl (C=O) groups excluding carboxylic acids is 1. The fourth-order valence-corrected chi connectivity index (χ4v) is 3.60. The van der Waals surface area contributed by atoms with Gasteiger partial charge >= 0.3 is 0 Å². The Morgan fingerprint density at radius 3 is 2.70 bits per heavy atom. The number of imidazole rings is 1. The lowest BCUT2D eigenvalue weighted by Gasteiger charge is -2.32. The normalized spacial score (nSPS) is 17.1. The van der Waals surface area contributed by atoms with Gasteiger partial charge in [0.25, 0.3) is 5.91 Å². The van der Waals surface area contributed by atoms with E-state index in [9.17, 15) is 4.79 Å². The highest BCUT2D eigenvalue weighted by atomic mass is 16.2. The maximum absolute atomic E-state index is 12.8. The molecule has 138 valence electrons. The molecule has 1 fully saturated rings. The summed E-state index contributed by atoms with van der Waals surface area (Å²) in [7, 11) is 1.98. The summed E-state index contributed by atoms with van der Waals surface area (Å²) in [5, 5.41) is 0. The van der Waals surface area contributed by atoms with Gasteiger partial charge in [0, 0.05) is 44.6 Å². The van der Waals surface area contributed by atoms with E-state index in [1.165, 1.54) is 0 Å². The molecule has 0 aromatic carbocycles. The first kappa shape index (κ1) is 17.3. The van der Waals surface area contributed by atoms with Gasteiger partial charge in [-0.1, -0.05) is 6.07 Å². The Kier molecular flexibility index (Phi) is 4.66. The highest BCUT2D eigenvalue weighted by Gasteiger charge is 2.29. The number of carbonyl (C=O) groups is 1. The average molecular weight is 362 g/mol. The number of aromatic nitrogens is 5. The van der Waals surface area contributed by atoms with Crippen molar-refractivity contribution in [3.8, 4) is 11.4 Å². The molecule has 3 aromatic rings. The molecule has 0 saturated carbocycles. The van der Waals surface area contributed by atoms with Crippen molar-refractivity contribution in [2.45, 2.75) is 25.7 Å². The van der Waals surface area contributed by atoms with Gasteiger partial charge in [0.2, 0.25) is 0 Å². The molecule has 27 heavy (non-hydrogen) atoms. The van der Waals surface area contributed by atoms with E-state index in [1.807, 2.05) is 41.8 Å². The van der Waals surface area contributed by atoms with Crippen LogP contribution >= 0.6 is 0 Å². The SMILES string of the molecule is Cc1ncc(-c2nccnc2C2CCCN(C(=O)c3ccccn3)C2)n1C. The van der Waals surface area contributed by atoms with Crippen LogP contribution in [0, 0.1) is 6.92 Å². The Labute approximate surface area is 158 Å². The predicted octanol–water partition coefficient (Wildman–Crippen LogP) is 2.60. The summed E-state index contributed by atoms with van der Waals surface area (Å²) in [5.41, 5.74) is 3.21. The molecular formula is C20H22N6O. The molecule has 0 N–H and O–H groups in total. The second kappa shape index (κ2) is 7.26. The lowest BCUT2D eigenvalue weighted by molar-refractivity contribution is 0.0700. The van der Waals surface area contributed by atoms with Gasteiger partial charge in [-0.25, -0.2) is 4.98 Å². The number of amides is 1. The number of hydrogen-bond donors (Lipinski definition) is 0. The third kappa shape index (κ3) is 3.32. The summed E-state index contributed by atoms with van der Waals surface area (Å²) in [6.07, 6.45) is 8.84. The highest BCUT2D eigenvalue weighted by molar-refractivity contribution is 5.92. The molecular weight excluding hydrogens is 340 g/mol. The summed E-state index contributed by atoms with van der Waals surface area (Å²) in [6.45, 7) is 3.33. The standard InChI is InChI=1S/C20H22N6O/c1-14-24-12-17(25(14)2)19-18(22-9-10-23-19)15-6-5-11-26(13-15)20(27)16-7-3-4-8-21-16/h3-4,7-10,12,15H,5-6,11,13H2,1-2H3. The predicted molar refractivity (Wildman–Crippen MR) is 101 cm³/mol. The summed E-state index contributed by atoms with van der Waals surface area (Å²) in [6, 6.07) is 5.42. The van der Waals surface area contributed by atoms with Crippen molar-refractivity contribution in [1.29, 1.82) is 0 Å². The van der Waals surface area contributed by atoms with Gasteiger partial charge in [0.05, 0.1) is 17.6 Å². The Morgan fingerprint density at radius 1 is 1.11 bits per heavy atom. The Balaban J connectivity index is 1.63. The quantitative estimate of drug-likeness (QED) is 0.716. The van der Waals surface area contributed by atoms with Gasteiger partial charge in [-0.05, 0) is 31.9 Å². The minimum atomic E-state index is -0.0258. The molecule has 1 saturated heterocycles.